The average Bonchev–Trinajstić information content (AvgIpc) is 2.89. The molecule has 1 heterocycles. The third kappa shape index (κ3) is 13.6. The number of nitrogens with one attached hydrogen (secondary N) is 2. The minimum atomic E-state index is 0.0247. The summed E-state index contributed by atoms with van der Waals surface area (Å²) in [6.07, 6.45) is 7.70. The quantitative estimate of drug-likeness (QED) is 0.269. The number of carbonyl (C=O) groups is 1. The highest BCUT2D eigenvalue weighted by molar-refractivity contribution is 6.00. The molecular weight excluding hydrogens is 484 g/mol. The van der Waals surface area contributed by atoms with Crippen molar-refractivity contribution in [3.63, 3.8) is 0 Å². The molecule has 0 atom stereocenters. The SMILES string of the molecule is CCC.CCC/C(=C(\NC)C(=O)N(C)CCN(C)C)c1cccnc1.CCc1cc(C)cc(C)c1NN(C)C. The first kappa shape index (κ1) is 36.1. The zero-order chi connectivity index (χ0) is 30.0. The number of anilines is 1. The molecule has 1 aromatic heterocycles. The van der Waals surface area contributed by atoms with Crippen LogP contribution in [0.5, 0.6) is 0 Å². The highest BCUT2D eigenvalue weighted by atomic mass is 16.2. The predicted molar refractivity (Wildman–Crippen MR) is 170 cm³/mol. The van der Waals surface area contributed by atoms with Crippen molar-refractivity contribution < 1.29 is 4.79 Å². The van der Waals surface area contributed by atoms with Crippen LogP contribution in [0.25, 0.3) is 5.57 Å². The average molecular weight is 541 g/mol. The van der Waals surface area contributed by atoms with Gasteiger partial charge in [-0.1, -0.05) is 64.3 Å². The summed E-state index contributed by atoms with van der Waals surface area (Å²) < 4.78 is 0. The summed E-state index contributed by atoms with van der Waals surface area (Å²) in [4.78, 5) is 20.7. The topological polar surface area (TPSA) is 63.7 Å². The van der Waals surface area contributed by atoms with E-state index < -0.39 is 0 Å². The first-order valence-electron chi connectivity index (χ1n) is 14.2. The van der Waals surface area contributed by atoms with Gasteiger partial charge in [0.25, 0.3) is 5.91 Å². The summed E-state index contributed by atoms with van der Waals surface area (Å²) in [7, 11) is 11.7. The molecule has 0 aliphatic carbocycles. The Bertz CT molecular complexity index is 986. The van der Waals surface area contributed by atoms with Crippen LogP contribution >= 0.6 is 0 Å². The van der Waals surface area contributed by atoms with Gasteiger partial charge in [-0.2, -0.15) is 0 Å². The summed E-state index contributed by atoms with van der Waals surface area (Å²) >= 11 is 0. The Hall–Kier alpha value is -2.90. The number of amides is 1. The number of nitrogens with zero attached hydrogens (tertiary/aromatic N) is 4. The highest BCUT2D eigenvalue weighted by Crippen LogP contribution is 2.24. The van der Waals surface area contributed by atoms with E-state index in [-0.39, 0.29) is 5.91 Å². The second-order valence-electron chi connectivity index (χ2n) is 10.3. The first-order valence-corrected chi connectivity index (χ1v) is 14.2. The lowest BCUT2D eigenvalue weighted by atomic mass is 10.00. The lowest BCUT2D eigenvalue weighted by Crippen LogP contribution is -2.37. The Kier molecular flexibility index (Phi) is 18.6. The molecular formula is C32H56N6O. The summed E-state index contributed by atoms with van der Waals surface area (Å²) in [5.74, 6) is 0.0247. The fourth-order valence-electron chi connectivity index (χ4n) is 3.95. The van der Waals surface area contributed by atoms with Crippen molar-refractivity contribution in [3.05, 3.63) is 64.6 Å². The van der Waals surface area contributed by atoms with Crippen LogP contribution in [0.1, 0.15) is 69.2 Å². The van der Waals surface area contributed by atoms with Gasteiger partial charge in [0.15, 0.2) is 0 Å². The lowest BCUT2D eigenvalue weighted by molar-refractivity contribution is -0.126. The molecule has 7 nitrogen and oxygen atoms in total. The Morgan fingerprint density at radius 3 is 2.08 bits per heavy atom. The number of aromatic nitrogens is 1. The predicted octanol–water partition coefficient (Wildman–Crippen LogP) is 6.00. The van der Waals surface area contributed by atoms with E-state index in [0.29, 0.717) is 12.2 Å². The number of hydrogen-bond acceptors (Lipinski definition) is 6. The van der Waals surface area contributed by atoms with Crippen LogP contribution in [0.3, 0.4) is 0 Å². The van der Waals surface area contributed by atoms with Crippen molar-refractivity contribution in [1.82, 2.24) is 25.1 Å². The molecule has 0 saturated heterocycles. The van der Waals surface area contributed by atoms with Crippen LogP contribution < -0.4 is 10.7 Å². The summed E-state index contributed by atoms with van der Waals surface area (Å²) in [5.41, 5.74) is 11.3. The van der Waals surface area contributed by atoms with Crippen LogP contribution in [-0.4, -0.2) is 81.1 Å². The number of carbonyl (C=O) groups excluding carboxylic acids is 1. The zero-order valence-electron chi connectivity index (χ0n) is 26.9. The normalized spacial score (nSPS) is 11.1. The van der Waals surface area contributed by atoms with Crippen molar-refractivity contribution in [2.24, 2.45) is 0 Å². The molecule has 0 aliphatic rings. The number of benzene rings is 1. The van der Waals surface area contributed by atoms with E-state index in [0.717, 1.165) is 36.9 Å². The minimum Gasteiger partial charge on any atom is -0.383 e. The van der Waals surface area contributed by atoms with Gasteiger partial charge in [0.2, 0.25) is 0 Å². The monoisotopic (exact) mass is 540 g/mol. The molecule has 0 fully saturated rings. The molecule has 2 N–H and O–H groups in total. The molecule has 2 rings (SSSR count). The second kappa shape index (κ2) is 20.1. The smallest absolute Gasteiger partial charge is 0.270 e. The molecule has 1 amide bonds. The highest BCUT2D eigenvalue weighted by Gasteiger charge is 2.19. The van der Waals surface area contributed by atoms with Gasteiger partial charge in [0.05, 0.1) is 5.69 Å². The molecule has 39 heavy (non-hydrogen) atoms. The van der Waals surface area contributed by atoms with Crippen LogP contribution in [0.2, 0.25) is 0 Å². The number of allylic oxidation sites excluding steroid dienone is 1. The molecule has 0 unspecified atom stereocenters. The molecule has 0 radical (unpaired) electrons. The van der Waals surface area contributed by atoms with Crippen molar-refractivity contribution >= 4 is 17.2 Å². The first-order chi connectivity index (χ1) is 18.5. The van der Waals surface area contributed by atoms with E-state index in [4.69, 9.17) is 0 Å². The lowest BCUT2D eigenvalue weighted by Gasteiger charge is -2.23. The van der Waals surface area contributed by atoms with Gasteiger partial charge in [-0.3, -0.25) is 9.78 Å². The molecule has 220 valence electrons. The standard InChI is InChI=1S/C17H28N4O.C12H20N2.C3H8/c1-6-8-15(14-9-7-10-19-13-14)16(18-2)17(22)21(5)12-11-20(3)4;1-6-11-8-9(2)7-10(3)12(11)13-14(4)5;1-3-2/h7,9-10,13,18H,6,8,11-12H2,1-5H3;7-8,13H,6H2,1-5H3;3H2,1-2H3/b16-15+;;. The third-order valence-corrected chi connectivity index (χ3v) is 5.78. The van der Waals surface area contributed by atoms with Gasteiger partial charge in [0, 0.05) is 53.7 Å². The maximum absolute atomic E-state index is 12.7. The Morgan fingerprint density at radius 1 is 0.974 bits per heavy atom. The van der Waals surface area contributed by atoms with Crippen LogP contribution in [0, 0.1) is 13.8 Å². The van der Waals surface area contributed by atoms with E-state index in [9.17, 15) is 4.79 Å². The van der Waals surface area contributed by atoms with Crippen molar-refractivity contribution in [1.29, 1.82) is 0 Å². The van der Waals surface area contributed by atoms with E-state index in [2.05, 4.69) is 74.3 Å². The number of rotatable bonds is 11. The van der Waals surface area contributed by atoms with Crippen molar-refractivity contribution in [2.75, 3.05) is 60.8 Å². The maximum atomic E-state index is 12.7. The Labute approximate surface area is 239 Å². The molecule has 2 aromatic rings. The van der Waals surface area contributed by atoms with Crippen LogP contribution in [0.4, 0.5) is 5.69 Å². The van der Waals surface area contributed by atoms with Crippen molar-refractivity contribution in [3.8, 4) is 0 Å². The molecule has 7 heteroatoms. The second-order valence-corrected chi connectivity index (χ2v) is 10.3. The number of aryl methyl sites for hydroxylation is 3. The molecule has 0 bridgehead atoms. The Morgan fingerprint density at radius 2 is 1.62 bits per heavy atom. The van der Waals surface area contributed by atoms with Gasteiger partial charge in [-0.05, 0) is 69.1 Å². The largest absolute Gasteiger partial charge is 0.383 e. The van der Waals surface area contributed by atoms with Gasteiger partial charge < -0.3 is 20.5 Å². The summed E-state index contributed by atoms with van der Waals surface area (Å²) in [6, 6.07) is 8.37. The van der Waals surface area contributed by atoms with Gasteiger partial charge in [0.1, 0.15) is 5.70 Å². The van der Waals surface area contributed by atoms with Gasteiger partial charge in [-0.15, -0.1) is 0 Å². The van der Waals surface area contributed by atoms with E-state index in [1.807, 2.05) is 58.6 Å². The van der Waals surface area contributed by atoms with E-state index in [1.165, 1.54) is 28.8 Å². The summed E-state index contributed by atoms with van der Waals surface area (Å²) in [6.45, 7) is 14.4. The van der Waals surface area contributed by atoms with Gasteiger partial charge >= 0.3 is 0 Å². The third-order valence-electron chi connectivity index (χ3n) is 5.78. The number of pyridine rings is 1. The molecule has 0 saturated carbocycles. The fourth-order valence-corrected chi connectivity index (χ4v) is 3.95. The van der Waals surface area contributed by atoms with E-state index in [1.54, 1.807) is 18.1 Å². The maximum Gasteiger partial charge on any atom is 0.270 e. The zero-order valence-corrected chi connectivity index (χ0v) is 26.9. The van der Waals surface area contributed by atoms with Crippen LogP contribution in [0.15, 0.2) is 42.4 Å². The number of hydrazine groups is 1. The van der Waals surface area contributed by atoms with Crippen LogP contribution in [-0.2, 0) is 11.2 Å². The fraction of sp³-hybridized carbons (Fsp3) is 0.562. The Balaban J connectivity index is 0.000000726. The van der Waals surface area contributed by atoms with E-state index >= 15 is 0 Å². The summed E-state index contributed by atoms with van der Waals surface area (Å²) in [5, 5.41) is 5.08. The number of hydrogen-bond donors (Lipinski definition) is 2. The van der Waals surface area contributed by atoms with Gasteiger partial charge in [-0.25, -0.2) is 5.01 Å². The molecule has 0 spiro atoms. The molecule has 1 aromatic carbocycles. The molecule has 0 aliphatic heterocycles. The minimum absolute atomic E-state index is 0.0247. The van der Waals surface area contributed by atoms with Crippen molar-refractivity contribution in [2.45, 2.75) is 67.2 Å². The number of likely N-dealkylation sites (N-methyl/N-ethyl adjacent to an activating group) is 3.